The molecular weight excluding hydrogens is 350 g/mol. The maximum atomic E-state index is 12.9. The number of likely N-dealkylation sites (tertiary alicyclic amines) is 2. The molecular formula is C19H35N3O3S. The molecule has 1 amide bonds. The number of nitrogens with one attached hydrogen (secondary N) is 1. The molecule has 7 heteroatoms. The second-order valence-electron chi connectivity index (χ2n) is 8.31. The fourth-order valence-corrected chi connectivity index (χ4v) is 6.49. The van der Waals surface area contributed by atoms with Crippen LogP contribution in [0, 0.1) is 5.92 Å². The van der Waals surface area contributed by atoms with Crippen molar-refractivity contribution in [3.63, 3.8) is 0 Å². The largest absolute Gasteiger partial charge is 0.341 e. The molecule has 2 saturated heterocycles. The third kappa shape index (κ3) is 4.98. The fourth-order valence-electron chi connectivity index (χ4n) is 4.74. The molecule has 3 fully saturated rings. The van der Waals surface area contributed by atoms with Crippen LogP contribution in [0.25, 0.3) is 0 Å². The number of amides is 1. The van der Waals surface area contributed by atoms with E-state index >= 15 is 0 Å². The summed E-state index contributed by atoms with van der Waals surface area (Å²) >= 11 is 0. The van der Waals surface area contributed by atoms with E-state index in [4.69, 9.17) is 0 Å². The summed E-state index contributed by atoms with van der Waals surface area (Å²) in [4.78, 5) is 16.9. The maximum Gasteiger partial charge on any atom is 0.225 e. The molecule has 0 unspecified atom stereocenters. The molecule has 26 heavy (non-hydrogen) atoms. The number of sulfonamides is 1. The molecule has 150 valence electrons. The molecule has 2 heterocycles. The van der Waals surface area contributed by atoms with Gasteiger partial charge in [0.1, 0.15) is 0 Å². The van der Waals surface area contributed by atoms with E-state index in [1.54, 1.807) is 0 Å². The molecule has 0 bridgehead atoms. The van der Waals surface area contributed by atoms with E-state index < -0.39 is 15.3 Å². The highest BCUT2D eigenvalue weighted by Gasteiger charge is 2.36. The Bertz CT molecular complexity index is 567. The van der Waals surface area contributed by atoms with Crippen LogP contribution >= 0.6 is 0 Å². The Labute approximate surface area is 158 Å². The van der Waals surface area contributed by atoms with Crippen LogP contribution in [0.2, 0.25) is 0 Å². The van der Waals surface area contributed by atoms with Crippen molar-refractivity contribution in [2.24, 2.45) is 5.92 Å². The normalized spacial score (nSPS) is 27.1. The highest BCUT2D eigenvalue weighted by atomic mass is 32.2. The van der Waals surface area contributed by atoms with Gasteiger partial charge >= 0.3 is 0 Å². The fraction of sp³-hybridized carbons (Fsp3) is 0.947. The second-order valence-corrected chi connectivity index (χ2v) is 10.3. The molecule has 0 spiro atoms. The topological polar surface area (TPSA) is 69.7 Å². The third-order valence-electron chi connectivity index (χ3n) is 6.29. The SMILES string of the molecule is CCCN1CCC(NS(=O)(=O)[C@H]2CCCN(C(=O)C3CCCC3)C2)CC1. The van der Waals surface area contributed by atoms with Gasteiger partial charge in [0.15, 0.2) is 0 Å². The minimum absolute atomic E-state index is 0.0500. The lowest BCUT2D eigenvalue weighted by Crippen LogP contribution is -2.52. The monoisotopic (exact) mass is 385 g/mol. The standard InChI is InChI=1S/C19H35N3O3S/c1-2-11-21-13-9-17(10-14-21)20-26(24,25)18-8-5-12-22(15-18)19(23)16-6-3-4-7-16/h16-18,20H,2-15H2,1H3/t18-/m0/s1. The lowest BCUT2D eigenvalue weighted by Gasteiger charge is -2.36. The van der Waals surface area contributed by atoms with E-state index in [1.165, 1.54) is 0 Å². The molecule has 3 rings (SSSR count). The highest BCUT2D eigenvalue weighted by molar-refractivity contribution is 7.90. The first kappa shape index (κ1) is 20.1. The molecule has 2 aliphatic heterocycles. The van der Waals surface area contributed by atoms with E-state index in [0.29, 0.717) is 13.0 Å². The van der Waals surface area contributed by atoms with E-state index in [0.717, 1.165) is 77.5 Å². The first-order valence-corrected chi connectivity index (χ1v) is 12.1. The Hall–Kier alpha value is -0.660. The molecule has 3 aliphatic rings. The van der Waals surface area contributed by atoms with Crippen molar-refractivity contribution in [1.82, 2.24) is 14.5 Å². The number of rotatable bonds is 6. The van der Waals surface area contributed by atoms with Gasteiger partial charge in [0.25, 0.3) is 0 Å². The Balaban J connectivity index is 1.52. The minimum Gasteiger partial charge on any atom is -0.341 e. The summed E-state index contributed by atoms with van der Waals surface area (Å²) in [6.07, 6.45) is 8.57. The van der Waals surface area contributed by atoms with Crippen molar-refractivity contribution >= 4 is 15.9 Å². The van der Waals surface area contributed by atoms with Crippen LogP contribution in [0.3, 0.4) is 0 Å². The number of nitrogens with zero attached hydrogens (tertiary/aromatic N) is 2. The first-order valence-electron chi connectivity index (χ1n) is 10.5. The molecule has 0 aromatic heterocycles. The summed E-state index contributed by atoms with van der Waals surface area (Å²) in [7, 11) is -3.37. The zero-order valence-electron chi connectivity index (χ0n) is 16.2. The summed E-state index contributed by atoms with van der Waals surface area (Å²) in [5.41, 5.74) is 0. The predicted octanol–water partition coefficient (Wildman–Crippen LogP) is 1.96. The van der Waals surface area contributed by atoms with E-state index in [2.05, 4.69) is 16.5 Å². The van der Waals surface area contributed by atoms with Gasteiger partial charge in [-0.2, -0.15) is 0 Å². The molecule has 1 N–H and O–H groups in total. The molecule has 0 radical (unpaired) electrons. The van der Waals surface area contributed by atoms with Crippen molar-refractivity contribution < 1.29 is 13.2 Å². The summed E-state index contributed by atoms with van der Waals surface area (Å²) in [5, 5.41) is -0.449. The summed E-state index contributed by atoms with van der Waals surface area (Å²) < 4.78 is 28.7. The van der Waals surface area contributed by atoms with Gasteiger partial charge in [0.05, 0.1) is 5.25 Å². The maximum absolute atomic E-state index is 12.9. The lowest BCUT2D eigenvalue weighted by molar-refractivity contribution is -0.136. The van der Waals surface area contributed by atoms with Crippen LogP contribution < -0.4 is 4.72 Å². The van der Waals surface area contributed by atoms with Gasteiger partial charge in [-0.05, 0) is 64.6 Å². The Morgan fingerprint density at radius 3 is 2.35 bits per heavy atom. The summed E-state index contributed by atoms with van der Waals surface area (Å²) in [5.74, 6) is 0.322. The van der Waals surface area contributed by atoms with Crippen LogP contribution in [0.4, 0.5) is 0 Å². The average Bonchev–Trinajstić information content (AvgIpc) is 3.17. The van der Waals surface area contributed by atoms with Crippen molar-refractivity contribution in [2.45, 2.75) is 76.0 Å². The van der Waals surface area contributed by atoms with Gasteiger partial charge < -0.3 is 9.80 Å². The molecule has 0 aromatic rings. The molecule has 1 atom stereocenters. The van der Waals surface area contributed by atoms with Crippen molar-refractivity contribution in [3.05, 3.63) is 0 Å². The number of carbonyl (C=O) groups is 1. The van der Waals surface area contributed by atoms with Gasteiger partial charge in [-0.1, -0.05) is 19.8 Å². The number of hydrogen-bond donors (Lipinski definition) is 1. The Morgan fingerprint density at radius 1 is 1.00 bits per heavy atom. The first-order chi connectivity index (χ1) is 12.5. The zero-order valence-corrected chi connectivity index (χ0v) is 17.0. The molecule has 1 aliphatic carbocycles. The number of hydrogen-bond acceptors (Lipinski definition) is 4. The van der Waals surface area contributed by atoms with E-state index in [1.807, 2.05) is 4.90 Å². The third-order valence-corrected chi connectivity index (χ3v) is 8.22. The quantitative estimate of drug-likeness (QED) is 0.759. The second kappa shape index (κ2) is 9.02. The zero-order chi connectivity index (χ0) is 18.6. The number of piperidine rings is 2. The molecule has 1 saturated carbocycles. The lowest BCUT2D eigenvalue weighted by atomic mass is 10.0. The smallest absolute Gasteiger partial charge is 0.225 e. The van der Waals surface area contributed by atoms with Crippen molar-refractivity contribution in [1.29, 1.82) is 0 Å². The van der Waals surface area contributed by atoms with Crippen LogP contribution in [0.5, 0.6) is 0 Å². The Morgan fingerprint density at radius 2 is 1.69 bits per heavy atom. The van der Waals surface area contributed by atoms with Crippen molar-refractivity contribution in [3.8, 4) is 0 Å². The molecule has 0 aromatic carbocycles. The van der Waals surface area contributed by atoms with Crippen molar-refractivity contribution in [2.75, 3.05) is 32.7 Å². The van der Waals surface area contributed by atoms with Gasteiger partial charge in [-0.15, -0.1) is 0 Å². The summed E-state index contributed by atoms with van der Waals surface area (Å²) in [6, 6.07) is 0.0500. The minimum atomic E-state index is -3.37. The number of carbonyl (C=O) groups excluding carboxylic acids is 1. The van der Waals surface area contributed by atoms with Gasteiger partial charge in [0.2, 0.25) is 15.9 Å². The van der Waals surface area contributed by atoms with Crippen LogP contribution in [-0.4, -0.2) is 68.1 Å². The average molecular weight is 386 g/mol. The van der Waals surface area contributed by atoms with Gasteiger partial charge in [0, 0.05) is 25.0 Å². The summed E-state index contributed by atoms with van der Waals surface area (Å²) in [6.45, 7) is 6.31. The predicted molar refractivity (Wildman–Crippen MR) is 103 cm³/mol. The van der Waals surface area contributed by atoms with E-state index in [9.17, 15) is 13.2 Å². The molecule has 6 nitrogen and oxygen atoms in total. The highest BCUT2D eigenvalue weighted by Crippen LogP contribution is 2.28. The van der Waals surface area contributed by atoms with Gasteiger partial charge in [-0.25, -0.2) is 13.1 Å². The van der Waals surface area contributed by atoms with E-state index in [-0.39, 0.29) is 17.9 Å². The van der Waals surface area contributed by atoms with Crippen LogP contribution in [0.15, 0.2) is 0 Å². The van der Waals surface area contributed by atoms with Crippen LogP contribution in [0.1, 0.15) is 64.7 Å². The van der Waals surface area contributed by atoms with Gasteiger partial charge in [-0.3, -0.25) is 4.79 Å². The van der Waals surface area contributed by atoms with Crippen LogP contribution in [-0.2, 0) is 14.8 Å². The Kier molecular flexibility index (Phi) is 6.97.